The van der Waals surface area contributed by atoms with E-state index >= 15 is 0 Å². The highest BCUT2D eigenvalue weighted by Gasteiger charge is 2.28. The summed E-state index contributed by atoms with van der Waals surface area (Å²) in [5.41, 5.74) is 1.47. The van der Waals surface area contributed by atoms with Crippen LogP contribution in [0.3, 0.4) is 0 Å². The van der Waals surface area contributed by atoms with Crippen LogP contribution < -0.4 is 4.90 Å². The summed E-state index contributed by atoms with van der Waals surface area (Å²) in [5.74, 6) is -0.167. The lowest BCUT2D eigenvalue weighted by Crippen LogP contribution is -2.52. The Morgan fingerprint density at radius 1 is 1.12 bits per heavy atom. The fourth-order valence-corrected chi connectivity index (χ4v) is 1.74. The maximum atomic E-state index is 11.8. The van der Waals surface area contributed by atoms with E-state index in [9.17, 15) is 9.59 Å². The zero-order chi connectivity index (χ0) is 12.4. The number of aliphatic hydroxyl groups excluding tert-OH is 1. The number of carbonyl (C=O) groups is 2. The Balaban J connectivity index is 2.21. The Morgan fingerprint density at radius 3 is 2.35 bits per heavy atom. The summed E-state index contributed by atoms with van der Waals surface area (Å²) in [5, 5.41) is 8.93. The zero-order valence-electron chi connectivity index (χ0n) is 9.59. The first-order valence-electron chi connectivity index (χ1n) is 5.36. The number of carbonyl (C=O) groups excluding carboxylic acids is 2. The second-order valence-corrected chi connectivity index (χ2v) is 4.05. The van der Waals surface area contributed by atoms with Gasteiger partial charge in [-0.25, -0.2) is 0 Å². The van der Waals surface area contributed by atoms with Crippen molar-refractivity contribution in [2.24, 2.45) is 0 Å². The quantitative estimate of drug-likeness (QED) is 0.782. The van der Waals surface area contributed by atoms with Gasteiger partial charge in [-0.15, -0.1) is 0 Å². The molecule has 1 saturated heterocycles. The van der Waals surface area contributed by atoms with Gasteiger partial charge in [0, 0.05) is 12.7 Å². The summed E-state index contributed by atoms with van der Waals surface area (Å²) < 4.78 is 0. The van der Waals surface area contributed by atoms with Crippen molar-refractivity contribution >= 4 is 17.5 Å². The van der Waals surface area contributed by atoms with Crippen LogP contribution >= 0.6 is 0 Å². The number of hydrogen-bond acceptors (Lipinski definition) is 3. The van der Waals surface area contributed by atoms with E-state index in [0.717, 1.165) is 5.56 Å². The Kier molecular flexibility index (Phi) is 3.10. The summed E-state index contributed by atoms with van der Waals surface area (Å²) in [7, 11) is 1.62. The van der Waals surface area contributed by atoms with E-state index in [1.807, 2.05) is 0 Å². The first-order valence-corrected chi connectivity index (χ1v) is 5.36. The third kappa shape index (κ3) is 2.29. The Morgan fingerprint density at radius 2 is 1.76 bits per heavy atom. The van der Waals surface area contributed by atoms with Crippen molar-refractivity contribution in [1.29, 1.82) is 0 Å². The number of amides is 2. The van der Waals surface area contributed by atoms with Crippen molar-refractivity contribution in [3.8, 4) is 0 Å². The molecule has 5 nitrogen and oxygen atoms in total. The van der Waals surface area contributed by atoms with Crippen LogP contribution in [0.4, 0.5) is 5.69 Å². The topological polar surface area (TPSA) is 60.9 Å². The fourth-order valence-electron chi connectivity index (χ4n) is 1.74. The van der Waals surface area contributed by atoms with Crippen LogP contribution in [0.2, 0.25) is 0 Å². The number of benzene rings is 1. The molecule has 1 fully saturated rings. The first-order chi connectivity index (χ1) is 8.11. The minimum Gasteiger partial charge on any atom is -0.392 e. The molecular weight excluding hydrogens is 220 g/mol. The number of piperazine rings is 1. The van der Waals surface area contributed by atoms with Crippen molar-refractivity contribution in [3.63, 3.8) is 0 Å². The standard InChI is InChI=1S/C12H14N2O3/c1-13-6-12(17)14(7-11(13)16)10-4-2-9(8-15)3-5-10/h2-5,15H,6-8H2,1H3. The van der Waals surface area contributed by atoms with Gasteiger partial charge >= 0.3 is 0 Å². The number of anilines is 1. The smallest absolute Gasteiger partial charge is 0.247 e. The molecule has 5 heteroatoms. The van der Waals surface area contributed by atoms with E-state index in [-0.39, 0.29) is 31.5 Å². The molecule has 1 aliphatic heterocycles. The van der Waals surface area contributed by atoms with Gasteiger partial charge in [-0.3, -0.25) is 9.59 Å². The normalized spacial score (nSPS) is 16.6. The summed E-state index contributed by atoms with van der Waals surface area (Å²) in [4.78, 5) is 26.2. The van der Waals surface area contributed by atoms with E-state index in [1.54, 1.807) is 31.3 Å². The van der Waals surface area contributed by atoms with Gasteiger partial charge in [0.2, 0.25) is 11.8 Å². The molecule has 0 saturated carbocycles. The Labute approximate surface area is 99.3 Å². The third-order valence-corrected chi connectivity index (χ3v) is 2.82. The number of rotatable bonds is 2. The highest BCUT2D eigenvalue weighted by Crippen LogP contribution is 2.18. The summed E-state index contributed by atoms with van der Waals surface area (Å²) in [6, 6.07) is 6.96. The molecule has 2 amide bonds. The lowest BCUT2D eigenvalue weighted by atomic mass is 10.2. The van der Waals surface area contributed by atoms with Crippen LogP contribution in [-0.4, -0.2) is 42.0 Å². The minimum absolute atomic E-state index is 0.0319. The molecule has 17 heavy (non-hydrogen) atoms. The largest absolute Gasteiger partial charge is 0.392 e. The molecule has 1 aliphatic rings. The molecule has 90 valence electrons. The molecule has 1 N–H and O–H groups in total. The molecule has 0 radical (unpaired) electrons. The second-order valence-electron chi connectivity index (χ2n) is 4.05. The van der Waals surface area contributed by atoms with Gasteiger partial charge in [0.25, 0.3) is 0 Å². The third-order valence-electron chi connectivity index (χ3n) is 2.82. The van der Waals surface area contributed by atoms with Crippen molar-refractivity contribution in [2.45, 2.75) is 6.61 Å². The van der Waals surface area contributed by atoms with E-state index in [4.69, 9.17) is 5.11 Å². The number of aliphatic hydroxyl groups is 1. The van der Waals surface area contributed by atoms with Gasteiger partial charge in [-0.05, 0) is 17.7 Å². The maximum Gasteiger partial charge on any atom is 0.247 e. The predicted octanol–water partition coefficient (Wildman–Crippen LogP) is -0.0161. The van der Waals surface area contributed by atoms with Gasteiger partial charge in [0.15, 0.2) is 0 Å². The van der Waals surface area contributed by atoms with Gasteiger partial charge < -0.3 is 14.9 Å². The average molecular weight is 234 g/mol. The highest BCUT2D eigenvalue weighted by atomic mass is 16.3. The van der Waals surface area contributed by atoms with Crippen molar-refractivity contribution in [3.05, 3.63) is 29.8 Å². The number of nitrogens with zero attached hydrogens (tertiary/aromatic N) is 2. The average Bonchev–Trinajstić information content (AvgIpc) is 2.34. The van der Waals surface area contributed by atoms with E-state index in [1.165, 1.54) is 9.80 Å². The van der Waals surface area contributed by atoms with Crippen LogP contribution in [0.25, 0.3) is 0 Å². The number of hydrogen-bond donors (Lipinski definition) is 1. The van der Waals surface area contributed by atoms with Crippen LogP contribution in [0.15, 0.2) is 24.3 Å². The lowest BCUT2D eigenvalue weighted by Gasteiger charge is -2.31. The molecule has 0 aliphatic carbocycles. The van der Waals surface area contributed by atoms with Crippen LogP contribution in [0, 0.1) is 0 Å². The molecule has 1 heterocycles. The highest BCUT2D eigenvalue weighted by molar-refractivity contribution is 6.04. The SMILES string of the molecule is CN1CC(=O)N(c2ccc(CO)cc2)CC1=O. The molecule has 1 aromatic carbocycles. The summed E-state index contributed by atoms with van der Waals surface area (Å²) in [6.07, 6.45) is 0. The molecule has 0 spiro atoms. The Bertz CT molecular complexity index is 442. The van der Waals surface area contributed by atoms with Gasteiger partial charge in [-0.2, -0.15) is 0 Å². The van der Waals surface area contributed by atoms with Crippen LogP contribution in [0.1, 0.15) is 5.56 Å². The van der Waals surface area contributed by atoms with E-state index < -0.39 is 0 Å². The molecule has 0 unspecified atom stereocenters. The van der Waals surface area contributed by atoms with Crippen LogP contribution in [-0.2, 0) is 16.2 Å². The second kappa shape index (κ2) is 4.55. The van der Waals surface area contributed by atoms with Gasteiger partial charge in [0.05, 0.1) is 13.2 Å². The summed E-state index contributed by atoms with van der Waals surface area (Å²) >= 11 is 0. The minimum atomic E-state index is -0.0937. The molecule has 0 aromatic heterocycles. The first kappa shape index (κ1) is 11.6. The lowest BCUT2D eigenvalue weighted by molar-refractivity contribution is -0.136. The fraction of sp³-hybridized carbons (Fsp3) is 0.333. The van der Waals surface area contributed by atoms with E-state index in [2.05, 4.69) is 0 Å². The molecule has 0 atom stereocenters. The number of likely N-dealkylation sites (N-methyl/N-ethyl adjacent to an activating group) is 1. The maximum absolute atomic E-state index is 11.8. The van der Waals surface area contributed by atoms with Crippen molar-refractivity contribution in [2.75, 3.05) is 25.0 Å². The molecule has 1 aromatic rings. The van der Waals surface area contributed by atoms with Gasteiger partial charge in [-0.1, -0.05) is 12.1 Å². The molecule has 0 bridgehead atoms. The zero-order valence-corrected chi connectivity index (χ0v) is 9.59. The van der Waals surface area contributed by atoms with Crippen molar-refractivity contribution in [1.82, 2.24) is 4.90 Å². The Hall–Kier alpha value is -1.88. The molecular formula is C12H14N2O3. The predicted molar refractivity (Wildman–Crippen MR) is 62.4 cm³/mol. The van der Waals surface area contributed by atoms with E-state index in [0.29, 0.717) is 5.69 Å². The summed E-state index contributed by atoms with van der Waals surface area (Å²) in [6.45, 7) is 0.157. The van der Waals surface area contributed by atoms with Crippen molar-refractivity contribution < 1.29 is 14.7 Å². The van der Waals surface area contributed by atoms with Gasteiger partial charge in [0.1, 0.15) is 6.54 Å². The monoisotopic (exact) mass is 234 g/mol. The van der Waals surface area contributed by atoms with Crippen LogP contribution in [0.5, 0.6) is 0 Å². The molecule has 2 rings (SSSR count).